The third kappa shape index (κ3) is 3.44. The molecule has 2 aliphatic heterocycles. The molecule has 1 saturated heterocycles. The van der Waals surface area contributed by atoms with Crippen molar-refractivity contribution in [3.05, 3.63) is 76.9 Å². The van der Waals surface area contributed by atoms with Crippen LogP contribution in [0.4, 0.5) is 4.39 Å². The summed E-state index contributed by atoms with van der Waals surface area (Å²) < 4.78 is 14.6. The molecule has 3 heterocycles. The Morgan fingerprint density at radius 1 is 1.12 bits per heavy atom. The average Bonchev–Trinajstić information content (AvgIpc) is 3.39. The minimum Gasteiger partial charge on any atom is -0.382 e. The Hall–Kier alpha value is -3.92. The molecule has 5 rings (SSSR count). The van der Waals surface area contributed by atoms with E-state index in [0.29, 0.717) is 28.9 Å². The summed E-state index contributed by atoms with van der Waals surface area (Å²) in [5, 5.41) is 20.9. The van der Waals surface area contributed by atoms with Crippen LogP contribution >= 0.6 is 0 Å². The van der Waals surface area contributed by atoms with Crippen molar-refractivity contribution < 1.29 is 23.9 Å². The van der Waals surface area contributed by atoms with Gasteiger partial charge in [0.05, 0.1) is 11.9 Å². The van der Waals surface area contributed by atoms with Gasteiger partial charge in [0.1, 0.15) is 23.7 Å². The smallest absolute Gasteiger partial charge is 0.255 e. The Morgan fingerprint density at radius 2 is 1.91 bits per heavy atom. The average molecular weight is 435 g/mol. The van der Waals surface area contributed by atoms with Gasteiger partial charge >= 0.3 is 0 Å². The molecule has 0 bridgehead atoms. The van der Waals surface area contributed by atoms with E-state index in [9.17, 15) is 23.9 Å². The summed E-state index contributed by atoms with van der Waals surface area (Å²) in [6.07, 6.45) is 0.985. The highest BCUT2D eigenvalue weighted by atomic mass is 19.1. The van der Waals surface area contributed by atoms with Crippen molar-refractivity contribution in [2.45, 2.75) is 31.5 Å². The summed E-state index contributed by atoms with van der Waals surface area (Å²) in [4.78, 5) is 37.9. The maximum absolute atomic E-state index is 13.1. The number of piperidine rings is 1. The van der Waals surface area contributed by atoms with E-state index in [0.717, 1.165) is 5.56 Å². The second-order valence-corrected chi connectivity index (χ2v) is 7.78. The number of carbonyl (C=O) groups is 3. The zero-order valence-electron chi connectivity index (χ0n) is 16.7. The number of nitrogens with zero attached hydrogens (tertiary/aromatic N) is 4. The maximum atomic E-state index is 13.1. The number of hydrogen-bond donors (Lipinski definition) is 2. The summed E-state index contributed by atoms with van der Waals surface area (Å²) >= 11 is 0. The molecule has 1 aromatic heterocycles. The van der Waals surface area contributed by atoms with Gasteiger partial charge < -0.3 is 10.0 Å². The fourth-order valence-corrected chi connectivity index (χ4v) is 4.05. The van der Waals surface area contributed by atoms with Gasteiger partial charge in [-0.05, 0) is 47.9 Å². The number of benzene rings is 2. The van der Waals surface area contributed by atoms with Gasteiger partial charge in [-0.15, -0.1) is 5.10 Å². The molecule has 2 N–H and O–H groups in total. The standard InChI is InChI=1S/C22H18FN5O4/c23-14-3-1-12(2-4-14)20(30)17-11-28(26-25-17)15-5-6-16-13(9-15)10-27(22(16)32)18-7-8-19(29)24-21(18)31/h1-6,9,11,18,20,30H,7-8,10H2,(H,24,29,31). The normalized spacial score (nSPS) is 19.1. The lowest BCUT2D eigenvalue weighted by Crippen LogP contribution is -2.52. The molecule has 162 valence electrons. The monoisotopic (exact) mass is 435 g/mol. The summed E-state index contributed by atoms with van der Waals surface area (Å²) in [5.41, 5.74) is 2.63. The predicted octanol–water partition coefficient (Wildman–Crippen LogP) is 1.25. The predicted molar refractivity (Wildman–Crippen MR) is 108 cm³/mol. The van der Waals surface area contributed by atoms with E-state index >= 15 is 0 Å². The minimum atomic E-state index is -1.07. The highest BCUT2D eigenvalue weighted by Crippen LogP contribution is 2.29. The number of amides is 3. The van der Waals surface area contributed by atoms with E-state index in [2.05, 4.69) is 15.6 Å². The van der Waals surface area contributed by atoms with Gasteiger partial charge in [-0.1, -0.05) is 17.3 Å². The third-order valence-corrected chi connectivity index (χ3v) is 5.75. The van der Waals surface area contributed by atoms with Crippen LogP contribution in [0.5, 0.6) is 0 Å². The Balaban J connectivity index is 1.37. The van der Waals surface area contributed by atoms with Crippen LogP contribution in [-0.4, -0.2) is 48.8 Å². The van der Waals surface area contributed by atoms with E-state index in [1.165, 1.54) is 33.8 Å². The van der Waals surface area contributed by atoms with Gasteiger partial charge in [0, 0.05) is 18.5 Å². The highest BCUT2D eigenvalue weighted by molar-refractivity contribution is 6.05. The fraction of sp³-hybridized carbons (Fsp3) is 0.227. The summed E-state index contributed by atoms with van der Waals surface area (Å²) in [6.45, 7) is 0.244. The number of imide groups is 1. The van der Waals surface area contributed by atoms with Crippen molar-refractivity contribution in [3.63, 3.8) is 0 Å². The van der Waals surface area contributed by atoms with Gasteiger partial charge in [0.2, 0.25) is 11.8 Å². The molecular weight excluding hydrogens is 417 g/mol. The third-order valence-electron chi connectivity index (χ3n) is 5.75. The second-order valence-electron chi connectivity index (χ2n) is 7.78. The molecular formula is C22H18FN5O4. The number of aliphatic hydroxyl groups is 1. The molecule has 0 radical (unpaired) electrons. The van der Waals surface area contributed by atoms with Gasteiger partial charge in [-0.25, -0.2) is 9.07 Å². The highest BCUT2D eigenvalue weighted by Gasteiger charge is 2.39. The van der Waals surface area contributed by atoms with Gasteiger partial charge in [0.25, 0.3) is 5.91 Å². The Labute approximate surface area is 181 Å². The fourth-order valence-electron chi connectivity index (χ4n) is 4.05. The van der Waals surface area contributed by atoms with Crippen LogP contribution in [0.2, 0.25) is 0 Å². The van der Waals surface area contributed by atoms with Crippen LogP contribution in [0.25, 0.3) is 5.69 Å². The summed E-state index contributed by atoms with van der Waals surface area (Å²) in [7, 11) is 0. The zero-order chi connectivity index (χ0) is 22.4. The van der Waals surface area contributed by atoms with Crippen molar-refractivity contribution in [1.29, 1.82) is 0 Å². The zero-order valence-corrected chi connectivity index (χ0v) is 16.7. The van der Waals surface area contributed by atoms with E-state index in [1.807, 2.05) is 0 Å². The van der Waals surface area contributed by atoms with Gasteiger partial charge in [0.15, 0.2) is 0 Å². The molecule has 2 atom stereocenters. The molecule has 0 saturated carbocycles. The molecule has 2 aromatic carbocycles. The molecule has 2 aliphatic rings. The Kier molecular flexibility index (Phi) is 4.78. The molecule has 0 aliphatic carbocycles. The molecule has 3 aromatic rings. The quantitative estimate of drug-likeness (QED) is 0.596. The van der Waals surface area contributed by atoms with Crippen LogP contribution in [-0.2, 0) is 16.1 Å². The topological polar surface area (TPSA) is 117 Å². The Morgan fingerprint density at radius 3 is 2.66 bits per heavy atom. The van der Waals surface area contributed by atoms with Crippen molar-refractivity contribution in [2.75, 3.05) is 0 Å². The van der Waals surface area contributed by atoms with E-state index in [-0.39, 0.29) is 24.8 Å². The first-order valence-corrected chi connectivity index (χ1v) is 10.0. The first kappa shape index (κ1) is 20.0. The first-order chi connectivity index (χ1) is 15.4. The number of rotatable bonds is 4. The van der Waals surface area contributed by atoms with Crippen LogP contribution in [0.15, 0.2) is 48.7 Å². The van der Waals surface area contributed by atoms with E-state index in [4.69, 9.17) is 0 Å². The minimum absolute atomic E-state index is 0.194. The van der Waals surface area contributed by atoms with Crippen LogP contribution in [0.1, 0.15) is 46.1 Å². The number of fused-ring (bicyclic) bond motifs is 1. The van der Waals surface area contributed by atoms with Crippen molar-refractivity contribution in [2.24, 2.45) is 0 Å². The summed E-state index contributed by atoms with van der Waals surface area (Å²) in [5.74, 6) is -1.45. The summed E-state index contributed by atoms with van der Waals surface area (Å²) in [6, 6.07) is 9.93. The first-order valence-electron chi connectivity index (χ1n) is 10.0. The second kappa shape index (κ2) is 7.65. The van der Waals surface area contributed by atoms with Gasteiger partial charge in [-0.3, -0.25) is 19.7 Å². The lowest BCUT2D eigenvalue weighted by atomic mass is 10.0. The lowest BCUT2D eigenvalue weighted by Gasteiger charge is -2.29. The Bertz CT molecular complexity index is 1240. The van der Waals surface area contributed by atoms with Crippen molar-refractivity contribution >= 4 is 17.7 Å². The van der Waals surface area contributed by atoms with Crippen LogP contribution < -0.4 is 5.32 Å². The van der Waals surface area contributed by atoms with Gasteiger partial charge in [-0.2, -0.15) is 0 Å². The maximum Gasteiger partial charge on any atom is 0.255 e. The van der Waals surface area contributed by atoms with Crippen molar-refractivity contribution in [3.8, 4) is 5.69 Å². The largest absolute Gasteiger partial charge is 0.382 e. The number of aliphatic hydroxyl groups excluding tert-OH is 1. The number of nitrogens with one attached hydrogen (secondary N) is 1. The molecule has 9 nitrogen and oxygen atoms in total. The SMILES string of the molecule is O=C1CCC(N2Cc3cc(-n4cc(C(O)c5ccc(F)cc5)nn4)ccc3C2=O)C(=O)N1. The number of carbonyl (C=O) groups excluding carboxylic acids is 3. The van der Waals surface area contributed by atoms with Crippen molar-refractivity contribution in [1.82, 2.24) is 25.2 Å². The molecule has 1 fully saturated rings. The van der Waals surface area contributed by atoms with E-state index in [1.54, 1.807) is 24.4 Å². The van der Waals surface area contributed by atoms with E-state index < -0.39 is 23.9 Å². The number of hydrogen-bond acceptors (Lipinski definition) is 6. The number of aromatic nitrogens is 3. The molecule has 0 spiro atoms. The number of halogens is 1. The van der Waals surface area contributed by atoms with Crippen LogP contribution in [0, 0.1) is 5.82 Å². The lowest BCUT2D eigenvalue weighted by molar-refractivity contribution is -0.136. The molecule has 10 heteroatoms. The molecule has 32 heavy (non-hydrogen) atoms. The van der Waals surface area contributed by atoms with Crippen LogP contribution in [0.3, 0.4) is 0 Å². The molecule has 3 amide bonds. The molecule has 2 unspecified atom stereocenters.